The maximum absolute atomic E-state index is 12.3. The number of allylic oxidation sites excluding steroid dienone is 1. The molecule has 2 rings (SSSR count). The first-order valence-corrected chi connectivity index (χ1v) is 8.23. The van der Waals surface area contributed by atoms with Gasteiger partial charge in [-0.3, -0.25) is 4.79 Å². The molecule has 0 N–H and O–H groups in total. The Hall–Kier alpha value is -0.870. The maximum atomic E-state index is 12.3. The Bertz CT molecular complexity index is 377. The Morgan fingerprint density at radius 1 is 1.19 bits per heavy atom. The van der Waals surface area contributed by atoms with Gasteiger partial charge in [0, 0.05) is 37.9 Å². The Kier molecular flexibility index (Phi) is 5.82. The van der Waals surface area contributed by atoms with Crippen molar-refractivity contribution in [3.05, 3.63) is 11.8 Å². The van der Waals surface area contributed by atoms with Crippen molar-refractivity contribution in [3.63, 3.8) is 0 Å². The second kappa shape index (κ2) is 7.41. The van der Waals surface area contributed by atoms with Crippen LogP contribution in [0.4, 0.5) is 0 Å². The summed E-state index contributed by atoms with van der Waals surface area (Å²) in [5.74, 6) is 0.219. The summed E-state index contributed by atoms with van der Waals surface area (Å²) in [7, 11) is 1.79. The summed E-state index contributed by atoms with van der Waals surface area (Å²) in [6.07, 6.45) is 7.48. The molecule has 0 amide bonds. The van der Waals surface area contributed by atoms with E-state index in [-0.39, 0.29) is 17.3 Å². The first-order chi connectivity index (χ1) is 10.1. The Labute approximate surface area is 128 Å². The van der Waals surface area contributed by atoms with Gasteiger partial charge in [-0.25, -0.2) is 0 Å². The van der Waals surface area contributed by atoms with Gasteiger partial charge in [0.15, 0.2) is 5.78 Å². The second-order valence-corrected chi connectivity index (χ2v) is 6.45. The van der Waals surface area contributed by atoms with Crippen molar-refractivity contribution in [2.75, 3.05) is 33.4 Å². The highest BCUT2D eigenvalue weighted by atomic mass is 16.5. The highest BCUT2D eigenvalue weighted by molar-refractivity contribution is 5.92. The van der Waals surface area contributed by atoms with Crippen LogP contribution in [-0.2, 0) is 14.3 Å². The van der Waals surface area contributed by atoms with E-state index in [0.717, 1.165) is 44.8 Å². The molecule has 1 heterocycles. The van der Waals surface area contributed by atoms with E-state index in [4.69, 9.17) is 9.47 Å². The molecular weight excluding hydrogens is 266 g/mol. The smallest absolute Gasteiger partial charge is 0.160 e. The molecule has 2 aliphatic rings. The van der Waals surface area contributed by atoms with Crippen LogP contribution in [0.5, 0.6) is 0 Å². The molecule has 0 atom stereocenters. The largest absolute Gasteiger partial charge is 0.378 e. The van der Waals surface area contributed by atoms with Crippen LogP contribution in [0.15, 0.2) is 11.8 Å². The summed E-state index contributed by atoms with van der Waals surface area (Å²) >= 11 is 0. The molecule has 0 bridgehead atoms. The number of nitrogens with zero attached hydrogens (tertiary/aromatic N) is 1. The van der Waals surface area contributed by atoms with Gasteiger partial charge < -0.3 is 14.4 Å². The average molecular weight is 295 g/mol. The first kappa shape index (κ1) is 16.5. The molecule has 1 aliphatic heterocycles. The molecule has 1 saturated carbocycles. The first-order valence-electron chi connectivity index (χ1n) is 8.23. The third kappa shape index (κ3) is 3.86. The number of morpholine rings is 1. The topological polar surface area (TPSA) is 38.8 Å². The Morgan fingerprint density at radius 2 is 1.81 bits per heavy atom. The van der Waals surface area contributed by atoms with Gasteiger partial charge in [-0.15, -0.1) is 0 Å². The number of methoxy groups -OCH3 is 1. The van der Waals surface area contributed by atoms with Crippen molar-refractivity contribution in [3.8, 4) is 0 Å². The van der Waals surface area contributed by atoms with Gasteiger partial charge in [0.25, 0.3) is 0 Å². The monoisotopic (exact) mass is 295 g/mol. The zero-order valence-corrected chi connectivity index (χ0v) is 13.7. The summed E-state index contributed by atoms with van der Waals surface area (Å²) in [5.41, 5.74) is 0.812. The molecule has 4 heteroatoms. The number of carbonyl (C=O) groups excluding carboxylic acids is 1. The van der Waals surface area contributed by atoms with Crippen LogP contribution < -0.4 is 0 Å². The molecule has 1 aliphatic carbocycles. The van der Waals surface area contributed by atoms with Crippen LogP contribution in [0.1, 0.15) is 46.0 Å². The van der Waals surface area contributed by atoms with Crippen molar-refractivity contribution < 1.29 is 14.3 Å². The van der Waals surface area contributed by atoms with Crippen molar-refractivity contribution >= 4 is 5.78 Å². The molecular formula is C17H29NO3. The van der Waals surface area contributed by atoms with Crippen molar-refractivity contribution in [2.24, 2.45) is 5.92 Å². The molecule has 0 aromatic carbocycles. The van der Waals surface area contributed by atoms with E-state index in [1.165, 1.54) is 19.3 Å². The maximum Gasteiger partial charge on any atom is 0.160 e. The van der Waals surface area contributed by atoms with E-state index < -0.39 is 0 Å². The molecule has 2 fully saturated rings. The van der Waals surface area contributed by atoms with Gasteiger partial charge in [-0.1, -0.05) is 33.1 Å². The minimum Gasteiger partial charge on any atom is -0.378 e. The van der Waals surface area contributed by atoms with Crippen LogP contribution in [-0.4, -0.2) is 49.7 Å². The number of ether oxygens (including phenoxy) is 2. The molecule has 120 valence electrons. The standard InChI is InChI=1S/C17H29NO3/c1-14(2)15(19)13-16(18-9-11-21-12-10-18)17(20-3)7-5-4-6-8-17/h13-14H,4-12H2,1-3H3. The van der Waals surface area contributed by atoms with Crippen molar-refractivity contribution in [1.82, 2.24) is 4.90 Å². The fraction of sp³-hybridized carbons (Fsp3) is 0.824. The highest BCUT2D eigenvalue weighted by Gasteiger charge is 2.39. The number of rotatable bonds is 5. The molecule has 0 spiro atoms. The van der Waals surface area contributed by atoms with E-state index in [0.29, 0.717) is 0 Å². The van der Waals surface area contributed by atoms with E-state index >= 15 is 0 Å². The second-order valence-electron chi connectivity index (χ2n) is 6.45. The average Bonchev–Trinajstić information content (AvgIpc) is 2.53. The number of ketones is 1. The van der Waals surface area contributed by atoms with E-state index in [9.17, 15) is 4.79 Å². The molecule has 0 aromatic rings. The van der Waals surface area contributed by atoms with Gasteiger partial charge in [0.2, 0.25) is 0 Å². The quantitative estimate of drug-likeness (QED) is 0.731. The van der Waals surface area contributed by atoms with Gasteiger partial charge in [-0.2, -0.15) is 0 Å². The lowest BCUT2D eigenvalue weighted by Crippen LogP contribution is -2.47. The molecule has 0 aromatic heterocycles. The summed E-state index contributed by atoms with van der Waals surface area (Å²) in [4.78, 5) is 14.6. The van der Waals surface area contributed by atoms with Crippen LogP contribution in [0, 0.1) is 5.92 Å². The van der Waals surface area contributed by atoms with Crippen LogP contribution in [0.2, 0.25) is 0 Å². The van der Waals surface area contributed by atoms with Crippen molar-refractivity contribution in [2.45, 2.75) is 51.6 Å². The Balaban J connectivity index is 2.31. The van der Waals surface area contributed by atoms with E-state index in [2.05, 4.69) is 4.90 Å². The summed E-state index contributed by atoms with van der Waals surface area (Å²) in [6, 6.07) is 0. The lowest BCUT2D eigenvalue weighted by Gasteiger charge is -2.44. The minimum atomic E-state index is -0.278. The number of hydrogen-bond donors (Lipinski definition) is 0. The van der Waals surface area contributed by atoms with Gasteiger partial charge >= 0.3 is 0 Å². The van der Waals surface area contributed by atoms with Gasteiger partial charge in [-0.05, 0) is 12.8 Å². The third-order valence-electron chi connectivity index (χ3n) is 4.72. The van der Waals surface area contributed by atoms with Gasteiger partial charge in [0.05, 0.1) is 13.2 Å². The van der Waals surface area contributed by atoms with E-state index in [1.54, 1.807) is 7.11 Å². The molecule has 4 nitrogen and oxygen atoms in total. The molecule has 0 radical (unpaired) electrons. The summed E-state index contributed by atoms with van der Waals surface area (Å²) in [6.45, 7) is 7.07. The number of hydrogen-bond acceptors (Lipinski definition) is 4. The fourth-order valence-electron chi connectivity index (χ4n) is 3.30. The predicted octanol–water partition coefficient (Wildman–Crippen LogP) is 2.78. The summed E-state index contributed by atoms with van der Waals surface area (Å²) in [5, 5.41) is 0. The predicted molar refractivity (Wildman–Crippen MR) is 83.1 cm³/mol. The minimum absolute atomic E-state index is 0.0264. The Morgan fingerprint density at radius 3 is 2.33 bits per heavy atom. The van der Waals surface area contributed by atoms with Crippen molar-refractivity contribution in [1.29, 1.82) is 0 Å². The zero-order valence-electron chi connectivity index (χ0n) is 13.7. The lowest BCUT2D eigenvalue weighted by atomic mass is 9.80. The third-order valence-corrected chi connectivity index (χ3v) is 4.72. The SMILES string of the molecule is COC1(C(=CC(=O)C(C)C)N2CCOCC2)CCCCC1. The fourth-order valence-corrected chi connectivity index (χ4v) is 3.30. The highest BCUT2D eigenvalue weighted by Crippen LogP contribution is 2.39. The van der Waals surface area contributed by atoms with E-state index in [1.807, 2.05) is 19.9 Å². The zero-order chi connectivity index (χ0) is 15.3. The van der Waals surface area contributed by atoms with Gasteiger partial charge in [0.1, 0.15) is 5.60 Å². The molecule has 21 heavy (non-hydrogen) atoms. The van der Waals surface area contributed by atoms with Crippen LogP contribution in [0.3, 0.4) is 0 Å². The lowest BCUT2D eigenvalue weighted by molar-refractivity contribution is -0.117. The molecule has 1 saturated heterocycles. The molecule has 0 unspecified atom stereocenters. The summed E-state index contributed by atoms with van der Waals surface area (Å²) < 4.78 is 11.4. The number of carbonyl (C=O) groups is 1. The normalized spacial score (nSPS) is 23.4. The van der Waals surface area contributed by atoms with Crippen LogP contribution >= 0.6 is 0 Å². The van der Waals surface area contributed by atoms with Crippen LogP contribution in [0.25, 0.3) is 0 Å².